The van der Waals surface area contributed by atoms with E-state index < -0.39 is 18.1 Å². The standard InChI is InChI=1S/C12H15NO5/c1-2-18-12(17)13-10(11(15)16)7-8-3-5-9(14)6-4-8/h3-6,10,14H,2,7H2,1H3,(H,13,17)(H,15,16). The first-order chi connectivity index (χ1) is 8.52. The van der Waals surface area contributed by atoms with Crippen molar-refractivity contribution in [1.29, 1.82) is 0 Å². The number of rotatable bonds is 5. The summed E-state index contributed by atoms with van der Waals surface area (Å²) >= 11 is 0. The maximum atomic E-state index is 11.2. The van der Waals surface area contributed by atoms with E-state index in [9.17, 15) is 9.59 Å². The van der Waals surface area contributed by atoms with E-state index >= 15 is 0 Å². The topological polar surface area (TPSA) is 95.9 Å². The molecule has 3 N–H and O–H groups in total. The monoisotopic (exact) mass is 253 g/mol. The minimum Gasteiger partial charge on any atom is -0.508 e. The lowest BCUT2D eigenvalue weighted by Gasteiger charge is -2.14. The Bertz CT molecular complexity index is 415. The van der Waals surface area contributed by atoms with Gasteiger partial charge in [0.1, 0.15) is 11.8 Å². The van der Waals surface area contributed by atoms with Crippen molar-refractivity contribution in [3.05, 3.63) is 29.8 Å². The first-order valence-electron chi connectivity index (χ1n) is 5.47. The van der Waals surface area contributed by atoms with E-state index in [2.05, 4.69) is 10.1 Å². The molecule has 0 heterocycles. The Morgan fingerprint density at radius 2 is 1.94 bits per heavy atom. The van der Waals surface area contributed by atoms with E-state index in [1.54, 1.807) is 19.1 Å². The number of phenolic OH excluding ortho intramolecular Hbond substituents is 1. The summed E-state index contributed by atoms with van der Waals surface area (Å²) < 4.78 is 4.63. The van der Waals surface area contributed by atoms with Crippen LogP contribution in [0.25, 0.3) is 0 Å². The SMILES string of the molecule is CCOC(=O)NC(Cc1ccc(O)cc1)C(=O)O. The normalized spacial score (nSPS) is 11.6. The van der Waals surface area contributed by atoms with Crippen molar-refractivity contribution in [2.45, 2.75) is 19.4 Å². The van der Waals surface area contributed by atoms with Gasteiger partial charge in [0.2, 0.25) is 0 Å². The van der Waals surface area contributed by atoms with E-state index in [1.165, 1.54) is 12.1 Å². The summed E-state index contributed by atoms with van der Waals surface area (Å²) in [7, 11) is 0. The van der Waals surface area contributed by atoms with Crippen LogP contribution in [0.5, 0.6) is 5.75 Å². The highest BCUT2D eigenvalue weighted by Crippen LogP contribution is 2.11. The maximum absolute atomic E-state index is 11.2. The number of aliphatic carboxylic acids is 1. The molecule has 0 aliphatic carbocycles. The Hall–Kier alpha value is -2.24. The van der Waals surface area contributed by atoms with Gasteiger partial charge in [-0.1, -0.05) is 12.1 Å². The molecule has 0 bridgehead atoms. The smallest absolute Gasteiger partial charge is 0.407 e. The lowest BCUT2D eigenvalue weighted by atomic mass is 10.1. The highest BCUT2D eigenvalue weighted by atomic mass is 16.5. The van der Waals surface area contributed by atoms with E-state index in [1.807, 2.05) is 0 Å². The maximum Gasteiger partial charge on any atom is 0.407 e. The highest BCUT2D eigenvalue weighted by Gasteiger charge is 2.20. The Labute approximate surface area is 104 Å². The van der Waals surface area contributed by atoms with Crippen molar-refractivity contribution >= 4 is 12.1 Å². The fourth-order valence-electron chi connectivity index (χ4n) is 1.38. The molecule has 6 heteroatoms. The molecule has 18 heavy (non-hydrogen) atoms. The van der Waals surface area contributed by atoms with Gasteiger partial charge in [0.15, 0.2) is 0 Å². The van der Waals surface area contributed by atoms with Crippen LogP contribution < -0.4 is 5.32 Å². The van der Waals surface area contributed by atoms with Crippen molar-refractivity contribution in [3.63, 3.8) is 0 Å². The van der Waals surface area contributed by atoms with Crippen molar-refractivity contribution < 1.29 is 24.5 Å². The number of ether oxygens (including phenoxy) is 1. The van der Waals surface area contributed by atoms with Crippen LogP contribution in [0, 0.1) is 0 Å². The lowest BCUT2D eigenvalue weighted by molar-refractivity contribution is -0.139. The van der Waals surface area contributed by atoms with Gasteiger partial charge in [0.05, 0.1) is 6.61 Å². The molecule has 0 aliphatic rings. The number of aromatic hydroxyl groups is 1. The number of carbonyl (C=O) groups excluding carboxylic acids is 1. The van der Waals surface area contributed by atoms with Crippen LogP contribution in [0.15, 0.2) is 24.3 Å². The van der Waals surface area contributed by atoms with Gasteiger partial charge in [-0.05, 0) is 24.6 Å². The summed E-state index contributed by atoms with van der Waals surface area (Å²) in [5, 5.41) is 20.4. The van der Waals surface area contributed by atoms with Gasteiger partial charge in [-0.25, -0.2) is 9.59 Å². The van der Waals surface area contributed by atoms with Crippen molar-refractivity contribution in [2.24, 2.45) is 0 Å². The second-order valence-electron chi connectivity index (χ2n) is 3.63. The third-order valence-corrected chi connectivity index (χ3v) is 2.24. The van der Waals surface area contributed by atoms with Gasteiger partial charge in [0, 0.05) is 6.42 Å². The minimum absolute atomic E-state index is 0.101. The number of amides is 1. The van der Waals surface area contributed by atoms with Crippen LogP contribution >= 0.6 is 0 Å². The number of benzene rings is 1. The Morgan fingerprint density at radius 3 is 2.44 bits per heavy atom. The van der Waals surface area contributed by atoms with Crippen molar-refractivity contribution in [3.8, 4) is 5.75 Å². The van der Waals surface area contributed by atoms with E-state index in [0.29, 0.717) is 5.56 Å². The van der Waals surface area contributed by atoms with Crippen LogP contribution in [0.1, 0.15) is 12.5 Å². The van der Waals surface area contributed by atoms with E-state index in [-0.39, 0.29) is 18.8 Å². The molecule has 6 nitrogen and oxygen atoms in total. The Balaban J connectivity index is 2.65. The van der Waals surface area contributed by atoms with E-state index in [0.717, 1.165) is 0 Å². The lowest BCUT2D eigenvalue weighted by Crippen LogP contribution is -2.42. The number of hydrogen-bond donors (Lipinski definition) is 3. The second-order valence-corrected chi connectivity index (χ2v) is 3.63. The molecular formula is C12H15NO5. The predicted molar refractivity (Wildman–Crippen MR) is 63.4 cm³/mol. The number of carboxylic acid groups (broad SMARTS) is 1. The number of alkyl carbamates (subject to hydrolysis) is 1. The number of carbonyl (C=O) groups is 2. The Kier molecular flexibility index (Phi) is 4.98. The summed E-state index contributed by atoms with van der Waals surface area (Å²) in [5.41, 5.74) is 0.692. The minimum atomic E-state index is -1.14. The molecule has 1 unspecified atom stereocenters. The van der Waals surface area contributed by atoms with Gasteiger partial charge in [0.25, 0.3) is 0 Å². The third kappa shape index (κ3) is 4.32. The largest absolute Gasteiger partial charge is 0.508 e. The van der Waals surface area contributed by atoms with Crippen molar-refractivity contribution in [1.82, 2.24) is 5.32 Å². The van der Waals surface area contributed by atoms with Gasteiger partial charge in [-0.2, -0.15) is 0 Å². The molecule has 0 aromatic heterocycles. The quantitative estimate of drug-likeness (QED) is 0.731. The molecule has 0 saturated heterocycles. The molecule has 1 aromatic rings. The molecule has 98 valence electrons. The average Bonchev–Trinajstić information content (AvgIpc) is 2.31. The zero-order valence-corrected chi connectivity index (χ0v) is 9.92. The zero-order valence-electron chi connectivity index (χ0n) is 9.92. The molecule has 1 rings (SSSR count). The van der Waals surface area contributed by atoms with Crippen LogP contribution in [-0.4, -0.2) is 34.9 Å². The number of hydrogen-bond acceptors (Lipinski definition) is 4. The van der Waals surface area contributed by atoms with Gasteiger partial charge in [-0.15, -0.1) is 0 Å². The van der Waals surface area contributed by atoms with Crippen LogP contribution in [0.3, 0.4) is 0 Å². The van der Waals surface area contributed by atoms with Gasteiger partial charge >= 0.3 is 12.1 Å². The molecule has 0 radical (unpaired) electrons. The molecule has 0 fully saturated rings. The predicted octanol–water partition coefficient (Wildman–Crippen LogP) is 1.13. The highest BCUT2D eigenvalue weighted by molar-refractivity contribution is 5.80. The first kappa shape index (κ1) is 13.8. The van der Waals surface area contributed by atoms with Crippen LogP contribution in [0.4, 0.5) is 4.79 Å². The summed E-state index contributed by atoms with van der Waals surface area (Å²) in [4.78, 5) is 22.2. The third-order valence-electron chi connectivity index (χ3n) is 2.24. The summed E-state index contributed by atoms with van der Waals surface area (Å²) in [6.45, 7) is 1.81. The summed E-state index contributed by atoms with van der Waals surface area (Å²) in [5.74, 6) is -1.04. The zero-order chi connectivity index (χ0) is 13.5. The van der Waals surface area contributed by atoms with Gasteiger partial charge < -0.3 is 20.3 Å². The molecule has 1 aromatic carbocycles. The second kappa shape index (κ2) is 6.48. The number of carboxylic acids is 1. The molecule has 0 aliphatic heterocycles. The van der Waals surface area contributed by atoms with Crippen LogP contribution in [-0.2, 0) is 16.0 Å². The molecular weight excluding hydrogens is 238 g/mol. The van der Waals surface area contributed by atoms with Crippen molar-refractivity contribution in [2.75, 3.05) is 6.61 Å². The first-order valence-corrected chi connectivity index (χ1v) is 5.47. The summed E-state index contributed by atoms with van der Waals surface area (Å²) in [6.07, 6.45) is -0.641. The molecule has 0 spiro atoms. The van der Waals surface area contributed by atoms with Gasteiger partial charge in [-0.3, -0.25) is 0 Å². The number of nitrogens with one attached hydrogen (secondary N) is 1. The molecule has 1 atom stereocenters. The van der Waals surface area contributed by atoms with Crippen LogP contribution in [0.2, 0.25) is 0 Å². The summed E-state index contributed by atoms with van der Waals surface area (Å²) in [6, 6.07) is 5.04. The molecule has 0 saturated carbocycles. The number of phenols is 1. The average molecular weight is 253 g/mol. The van der Waals surface area contributed by atoms with E-state index in [4.69, 9.17) is 10.2 Å². The fraction of sp³-hybridized carbons (Fsp3) is 0.333. The molecule has 1 amide bonds. The fourth-order valence-corrected chi connectivity index (χ4v) is 1.38. The Morgan fingerprint density at radius 1 is 1.33 bits per heavy atom.